The zero-order chi connectivity index (χ0) is 16.7. The van der Waals surface area contributed by atoms with Crippen molar-refractivity contribution in [2.75, 3.05) is 0 Å². The maximum absolute atomic E-state index is 12.8. The van der Waals surface area contributed by atoms with E-state index in [1.807, 2.05) is 24.7 Å². The summed E-state index contributed by atoms with van der Waals surface area (Å²) in [7, 11) is 0. The van der Waals surface area contributed by atoms with E-state index in [2.05, 4.69) is 20.4 Å². The third-order valence-corrected chi connectivity index (χ3v) is 5.58. The summed E-state index contributed by atoms with van der Waals surface area (Å²) in [5.74, 6) is 1.09. The molecule has 0 N–H and O–H groups in total. The second-order valence-corrected chi connectivity index (χ2v) is 7.00. The molecule has 4 heterocycles. The van der Waals surface area contributed by atoms with Crippen molar-refractivity contribution >= 4 is 5.91 Å². The second-order valence-electron chi connectivity index (χ2n) is 7.00. The summed E-state index contributed by atoms with van der Waals surface area (Å²) in [6.07, 6.45) is 9.07. The molecule has 2 bridgehead atoms. The SMILES string of the molecule is Cc1noc(C)c1CCC(=O)N1C2CCC1CC(n1ccnn1)C2. The molecule has 0 saturated carbocycles. The Kier molecular flexibility index (Phi) is 3.86. The standard InChI is InChI=1S/C17H23N5O2/c1-11-16(12(2)24-19-11)5-6-17(23)22-13-3-4-14(22)10-15(9-13)21-8-7-18-20-21/h7-8,13-15H,3-6,9-10H2,1-2H3. The minimum atomic E-state index is 0.263. The number of aryl methyl sites for hydroxylation is 2. The molecule has 0 aromatic carbocycles. The lowest BCUT2D eigenvalue weighted by Gasteiger charge is -2.39. The van der Waals surface area contributed by atoms with Crippen molar-refractivity contribution < 1.29 is 9.32 Å². The van der Waals surface area contributed by atoms with Gasteiger partial charge < -0.3 is 9.42 Å². The van der Waals surface area contributed by atoms with Crippen LogP contribution in [-0.2, 0) is 11.2 Å². The predicted molar refractivity (Wildman–Crippen MR) is 86.2 cm³/mol. The van der Waals surface area contributed by atoms with Crippen LogP contribution in [0.1, 0.15) is 55.2 Å². The smallest absolute Gasteiger partial charge is 0.223 e. The van der Waals surface area contributed by atoms with Crippen LogP contribution in [0.25, 0.3) is 0 Å². The zero-order valence-corrected chi connectivity index (χ0v) is 14.2. The number of nitrogens with zero attached hydrogens (tertiary/aromatic N) is 5. The molecule has 4 rings (SSSR count). The molecule has 0 aliphatic carbocycles. The van der Waals surface area contributed by atoms with Crippen molar-refractivity contribution in [2.24, 2.45) is 0 Å². The van der Waals surface area contributed by atoms with Crippen molar-refractivity contribution in [1.82, 2.24) is 25.1 Å². The lowest BCUT2D eigenvalue weighted by molar-refractivity contribution is -0.136. The van der Waals surface area contributed by atoms with Gasteiger partial charge in [-0.25, -0.2) is 4.68 Å². The first-order valence-electron chi connectivity index (χ1n) is 8.72. The topological polar surface area (TPSA) is 77.0 Å². The molecule has 1 amide bonds. The van der Waals surface area contributed by atoms with Crippen molar-refractivity contribution in [3.63, 3.8) is 0 Å². The van der Waals surface area contributed by atoms with Gasteiger partial charge >= 0.3 is 0 Å². The van der Waals surface area contributed by atoms with Gasteiger partial charge in [0.1, 0.15) is 5.76 Å². The Morgan fingerprint density at radius 2 is 2.00 bits per heavy atom. The summed E-state index contributed by atoms with van der Waals surface area (Å²) >= 11 is 0. The molecule has 128 valence electrons. The number of aromatic nitrogens is 4. The average Bonchev–Trinajstić information content (AvgIpc) is 3.26. The minimum absolute atomic E-state index is 0.263. The number of hydrogen-bond donors (Lipinski definition) is 0. The van der Waals surface area contributed by atoms with E-state index in [1.54, 1.807) is 6.20 Å². The summed E-state index contributed by atoms with van der Waals surface area (Å²) in [4.78, 5) is 15.0. The van der Waals surface area contributed by atoms with E-state index in [0.29, 0.717) is 31.0 Å². The van der Waals surface area contributed by atoms with Crippen molar-refractivity contribution in [2.45, 2.75) is 70.5 Å². The number of hydrogen-bond acceptors (Lipinski definition) is 5. The Morgan fingerprint density at radius 3 is 2.58 bits per heavy atom. The molecule has 2 aliphatic heterocycles. The molecule has 24 heavy (non-hydrogen) atoms. The molecule has 2 aliphatic rings. The molecular weight excluding hydrogens is 306 g/mol. The molecular formula is C17H23N5O2. The molecule has 2 aromatic rings. The lowest BCUT2D eigenvalue weighted by Crippen LogP contribution is -2.47. The van der Waals surface area contributed by atoms with Crippen LogP contribution in [0.15, 0.2) is 16.9 Å². The highest BCUT2D eigenvalue weighted by Crippen LogP contribution is 2.40. The molecule has 2 atom stereocenters. The van der Waals surface area contributed by atoms with Crippen LogP contribution >= 0.6 is 0 Å². The lowest BCUT2D eigenvalue weighted by atomic mass is 9.96. The largest absolute Gasteiger partial charge is 0.361 e. The third kappa shape index (κ3) is 2.61. The van der Waals surface area contributed by atoms with Crippen molar-refractivity contribution in [3.05, 3.63) is 29.4 Å². The summed E-state index contributed by atoms with van der Waals surface area (Å²) < 4.78 is 7.15. The highest BCUT2D eigenvalue weighted by Gasteiger charge is 2.43. The predicted octanol–water partition coefficient (Wildman–Crippen LogP) is 2.21. The van der Waals surface area contributed by atoms with Gasteiger partial charge in [-0.2, -0.15) is 0 Å². The van der Waals surface area contributed by atoms with Crippen LogP contribution in [0.5, 0.6) is 0 Å². The quantitative estimate of drug-likeness (QED) is 0.859. The fraction of sp³-hybridized carbons (Fsp3) is 0.647. The summed E-state index contributed by atoms with van der Waals surface area (Å²) in [6.45, 7) is 3.84. The van der Waals surface area contributed by atoms with Crippen LogP contribution in [-0.4, -0.2) is 43.0 Å². The first-order chi connectivity index (χ1) is 11.6. The molecule has 0 radical (unpaired) electrons. The molecule has 2 unspecified atom stereocenters. The Balaban J connectivity index is 1.41. The van der Waals surface area contributed by atoms with Gasteiger partial charge in [0, 0.05) is 30.3 Å². The third-order valence-electron chi connectivity index (χ3n) is 5.58. The second kappa shape index (κ2) is 6.03. The van der Waals surface area contributed by atoms with E-state index in [4.69, 9.17) is 4.52 Å². The van der Waals surface area contributed by atoms with Crippen molar-refractivity contribution in [1.29, 1.82) is 0 Å². The van der Waals surface area contributed by atoms with Gasteiger partial charge in [0.15, 0.2) is 0 Å². The van der Waals surface area contributed by atoms with Crippen LogP contribution in [0.4, 0.5) is 0 Å². The maximum atomic E-state index is 12.8. The van der Waals surface area contributed by atoms with Gasteiger partial charge in [-0.05, 0) is 46.0 Å². The highest BCUT2D eigenvalue weighted by molar-refractivity contribution is 5.77. The average molecular weight is 329 g/mol. The van der Waals surface area contributed by atoms with Gasteiger partial charge in [0.2, 0.25) is 5.91 Å². The van der Waals surface area contributed by atoms with Crippen molar-refractivity contribution in [3.8, 4) is 0 Å². The van der Waals surface area contributed by atoms with Crippen LogP contribution in [0, 0.1) is 13.8 Å². The van der Waals surface area contributed by atoms with Crippen LogP contribution < -0.4 is 0 Å². The van der Waals surface area contributed by atoms with E-state index in [-0.39, 0.29) is 5.91 Å². The van der Waals surface area contributed by atoms with E-state index in [9.17, 15) is 4.79 Å². The van der Waals surface area contributed by atoms with Gasteiger partial charge in [-0.15, -0.1) is 5.10 Å². The fourth-order valence-corrected chi connectivity index (χ4v) is 4.40. The zero-order valence-electron chi connectivity index (χ0n) is 14.2. The summed E-state index contributed by atoms with van der Waals surface area (Å²) in [5.41, 5.74) is 1.97. The normalized spacial score (nSPS) is 26.1. The van der Waals surface area contributed by atoms with E-state index < -0.39 is 0 Å². The Hall–Kier alpha value is -2.18. The maximum Gasteiger partial charge on any atom is 0.223 e. The van der Waals surface area contributed by atoms with Crippen LogP contribution in [0.3, 0.4) is 0 Å². The van der Waals surface area contributed by atoms with Gasteiger partial charge in [0.25, 0.3) is 0 Å². The van der Waals surface area contributed by atoms with Gasteiger partial charge in [-0.1, -0.05) is 10.4 Å². The van der Waals surface area contributed by atoms with Gasteiger partial charge in [0.05, 0.1) is 17.9 Å². The molecule has 2 fully saturated rings. The molecule has 2 aromatic heterocycles. The molecule has 7 heteroatoms. The Labute approximate surface area is 141 Å². The van der Waals surface area contributed by atoms with E-state index >= 15 is 0 Å². The minimum Gasteiger partial charge on any atom is -0.361 e. The number of amides is 1. The Morgan fingerprint density at radius 1 is 1.25 bits per heavy atom. The van der Waals surface area contributed by atoms with Crippen LogP contribution in [0.2, 0.25) is 0 Å². The van der Waals surface area contributed by atoms with E-state index in [1.165, 1.54) is 0 Å². The highest BCUT2D eigenvalue weighted by atomic mass is 16.5. The molecule has 0 spiro atoms. The number of carbonyl (C=O) groups is 1. The molecule has 2 saturated heterocycles. The van der Waals surface area contributed by atoms with E-state index in [0.717, 1.165) is 42.7 Å². The first-order valence-corrected chi connectivity index (χ1v) is 8.72. The van der Waals surface area contributed by atoms with Gasteiger partial charge in [-0.3, -0.25) is 4.79 Å². The Bertz CT molecular complexity index is 690. The summed E-state index contributed by atoms with van der Waals surface area (Å²) in [6, 6.07) is 1.06. The number of piperidine rings is 1. The summed E-state index contributed by atoms with van der Waals surface area (Å²) in [5, 5.41) is 12.0. The first kappa shape index (κ1) is 15.4. The monoisotopic (exact) mass is 329 g/mol. The molecule has 7 nitrogen and oxygen atoms in total. The number of fused-ring (bicyclic) bond motifs is 2. The number of carbonyl (C=O) groups excluding carboxylic acids is 1. The fourth-order valence-electron chi connectivity index (χ4n) is 4.40. The number of rotatable bonds is 4.